The number of nitrogens with zero attached hydrogens (tertiary/aromatic N) is 4. The summed E-state index contributed by atoms with van der Waals surface area (Å²) in [5.74, 6) is -0.660. The lowest BCUT2D eigenvalue weighted by Gasteiger charge is -2.17. The summed E-state index contributed by atoms with van der Waals surface area (Å²) in [5.41, 5.74) is -1.05. The average molecular weight is 294 g/mol. The molecule has 0 aromatic carbocycles. The van der Waals surface area contributed by atoms with E-state index in [-0.39, 0.29) is 12.5 Å². The van der Waals surface area contributed by atoms with Gasteiger partial charge in [-0.1, -0.05) is 0 Å². The molecule has 7 heteroatoms. The van der Waals surface area contributed by atoms with E-state index >= 15 is 0 Å². The molecular weight excluding hydrogens is 272 g/mol. The maximum absolute atomic E-state index is 11.0. The first-order valence-electron chi connectivity index (χ1n) is 6.88. The molecule has 0 aliphatic rings. The van der Waals surface area contributed by atoms with E-state index in [4.69, 9.17) is 20.4 Å². The van der Waals surface area contributed by atoms with Crippen molar-refractivity contribution in [2.24, 2.45) is 16.1 Å². The smallest absolute Gasteiger partial charge is 0.304 e. The molecule has 7 nitrogen and oxygen atoms in total. The Morgan fingerprint density at radius 3 is 2.57 bits per heavy atom. The number of aliphatic hydroxyl groups is 1. The number of carbonyl (C=O) groups is 1. The van der Waals surface area contributed by atoms with Gasteiger partial charge in [-0.2, -0.15) is 15.6 Å². The highest BCUT2D eigenvalue weighted by atomic mass is 16.6. The van der Waals surface area contributed by atoms with Crippen molar-refractivity contribution in [2.45, 2.75) is 58.2 Å². The topological polar surface area (TPSA) is 119 Å². The fourth-order valence-corrected chi connectivity index (χ4v) is 1.53. The fourth-order valence-electron chi connectivity index (χ4n) is 1.53. The van der Waals surface area contributed by atoms with Crippen molar-refractivity contribution in [1.82, 2.24) is 0 Å². The number of aliphatic hydroxyl groups excluding tert-OH is 1. The number of azo groups is 1. The zero-order chi connectivity index (χ0) is 16.3. The van der Waals surface area contributed by atoms with Gasteiger partial charge >= 0.3 is 5.97 Å². The van der Waals surface area contributed by atoms with E-state index in [9.17, 15) is 4.79 Å². The van der Waals surface area contributed by atoms with Crippen LogP contribution in [0.15, 0.2) is 10.2 Å². The van der Waals surface area contributed by atoms with Gasteiger partial charge in [0.1, 0.15) is 0 Å². The molecule has 0 aromatic heterocycles. The van der Waals surface area contributed by atoms with Crippen LogP contribution in [-0.2, 0) is 9.53 Å². The molecule has 0 bridgehead atoms. The Hall–Kier alpha value is -1.99. The Balaban J connectivity index is 4.77. The minimum absolute atomic E-state index is 0.0279. The van der Waals surface area contributed by atoms with Crippen LogP contribution in [0.5, 0.6) is 0 Å². The number of hydrogen-bond donors (Lipinski definition) is 1. The number of hydrogen-bond acceptors (Lipinski definition) is 7. The second-order valence-corrected chi connectivity index (χ2v) is 5.10. The molecule has 0 aliphatic heterocycles. The van der Waals surface area contributed by atoms with Crippen molar-refractivity contribution in [1.29, 1.82) is 10.5 Å². The monoisotopic (exact) mass is 294 g/mol. The van der Waals surface area contributed by atoms with Crippen LogP contribution in [0.4, 0.5) is 0 Å². The molecule has 0 fully saturated rings. The average Bonchev–Trinajstić information content (AvgIpc) is 2.47. The molecule has 1 N–H and O–H groups in total. The zero-order valence-corrected chi connectivity index (χ0v) is 12.7. The normalized spacial score (nSPS) is 16.5. The quantitative estimate of drug-likeness (QED) is 0.517. The number of rotatable bonds is 9. The van der Waals surface area contributed by atoms with Gasteiger partial charge in [-0.3, -0.25) is 4.79 Å². The number of ether oxygens (including phenoxy) is 1. The molecule has 0 rings (SSSR count). The van der Waals surface area contributed by atoms with E-state index in [1.165, 1.54) is 6.92 Å². The van der Waals surface area contributed by atoms with Crippen LogP contribution in [0.3, 0.4) is 0 Å². The highest BCUT2D eigenvalue weighted by Gasteiger charge is 2.24. The maximum atomic E-state index is 11.0. The third-order valence-corrected chi connectivity index (χ3v) is 2.84. The van der Waals surface area contributed by atoms with Crippen LogP contribution in [0.1, 0.15) is 46.5 Å². The summed E-state index contributed by atoms with van der Waals surface area (Å²) >= 11 is 0. The zero-order valence-electron chi connectivity index (χ0n) is 12.7. The fraction of sp³-hybridized carbons (Fsp3) is 0.786. The van der Waals surface area contributed by atoms with E-state index in [0.29, 0.717) is 25.7 Å². The van der Waals surface area contributed by atoms with Gasteiger partial charge in [-0.25, -0.2) is 0 Å². The molecule has 0 heterocycles. The van der Waals surface area contributed by atoms with Crippen molar-refractivity contribution in [2.75, 3.05) is 6.61 Å². The molecule has 3 unspecified atom stereocenters. The van der Waals surface area contributed by atoms with Crippen molar-refractivity contribution in [3.63, 3.8) is 0 Å². The van der Waals surface area contributed by atoms with Gasteiger partial charge in [-0.05, 0) is 33.1 Å². The van der Waals surface area contributed by atoms with Gasteiger partial charge in [0.25, 0.3) is 0 Å². The minimum Gasteiger partial charge on any atom is -0.438 e. The molecule has 0 saturated carbocycles. The van der Waals surface area contributed by atoms with Gasteiger partial charge in [-0.15, -0.1) is 5.11 Å². The summed E-state index contributed by atoms with van der Waals surface area (Å²) in [7, 11) is 0. The SMILES string of the molecule is CC(=O)OC(CCC(C)C#N)N=NC(C)(C#N)CCCO. The number of carbonyl (C=O) groups excluding carboxylic acids is 1. The Bertz CT molecular complexity index is 438. The Morgan fingerprint density at radius 1 is 1.43 bits per heavy atom. The molecule has 21 heavy (non-hydrogen) atoms. The van der Waals surface area contributed by atoms with Gasteiger partial charge in [0.2, 0.25) is 6.23 Å². The van der Waals surface area contributed by atoms with Crippen molar-refractivity contribution in [3.05, 3.63) is 0 Å². The molecule has 0 amide bonds. The van der Waals surface area contributed by atoms with Gasteiger partial charge < -0.3 is 9.84 Å². The summed E-state index contributed by atoms with van der Waals surface area (Å²) < 4.78 is 5.02. The summed E-state index contributed by atoms with van der Waals surface area (Å²) in [5, 5.41) is 34.6. The predicted octanol–water partition coefficient (Wildman–Crippen LogP) is 2.32. The summed E-state index contributed by atoms with van der Waals surface area (Å²) in [6.07, 6.45) is 0.907. The highest BCUT2D eigenvalue weighted by Crippen LogP contribution is 2.19. The second-order valence-electron chi connectivity index (χ2n) is 5.10. The molecular formula is C14H22N4O3. The van der Waals surface area contributed by atoms with Gasteiger partial charge in [0.15, 0.2) is 5.54 Å². The van der Waals surface area contributed by atoms with Crippen LogP contribution >= 0.6 is 0 Å². The van der Waals surface area contributed by atoms with E-state index in [2.05, 4.69) is 16.3 Å². The molecule has 0 aromatic rings. The first kappa shape index (κ1) is 19.0. The summed E-state index contributed by atoms with van der Waals surface area (Å²) in [4.78, 5) is 11.0. The molecule has 116 valence electrons. The van der Waals surface area contributed by atoms with E-state index in [1.807, 2.05) is 6.07 Å². The Morgan fingerprint density at radius 2 is 2.10 bits per heavy atom. The lowest BCUT2D eigenvalue weighted by atomic mass is 9.99. The number of nitriles is 2. The summed E-state index contributed by atoms with van der Waals surface area (Å²) in [6, 6.07) is 4.13. The summed E-state index contributed by atoms with van der Waals surface area (Å²) in [6.45, 7) is 4.61. The van der Waals surface area contributed by atoms with Crippen LogP contribution in [0.2, 0.25) is 0 Å². The third kappa shape index (κ3) is 8.72. The third-order valence-electron chi connectivity index (χ3n) is 2.84. The predicted molar refractivity (Wildman–Crippen MR) is 74.8 cm³/mol. The standard InChI is InChI=1S/C14H22N4O3/c1-11(9-15)5-6-13(21-12(2)20)17-18-14(3,10-16)7-4-8-19/h11,13,19H,4-8H2,1-3H3. The molecule has 0 saturated heterocycles. The minimum atomic E-state index is -1.05. The van der Waals surface area contributed by atoms with Crippen LogP contribution < -0.4 is 0 Å². The molecule has 3 atom stereocenters. The lowest BCUT2D eigenvalue weighted by Crippen LogP contribution is -2.21. The molecule has 0 spiro atoms. The maximum Gasteiger partial charge on any atom is 0.304 e. The Kier molecular flexibility index (Phi) is 8.91. The van der Waals surface area contributed by atoms with Crippen molar-refractivity contribution in [3.8, 4) is 12.1 Å². The van der Waals surface area contributed by atoms with Gasteiger partial charge in [0, 0.05) is 25.9 Å². The van der Waals surface area contributed by atoms with Crippen LogP contribution in [0, 0.1) is 28.6 Å². The van der Waals surface area contributed by atoms with E-state index in [1.54, 1.807) is 13.8 Å². The first-order valence-corrected chi connectivity index (χ1v) is 6.88. The van der Waals surface area contributed by atoms with Crippen LogP contribution in [0.25, 0.3) is 0 Å². The van der Waals surface area contributed by atoms with E-state index < -0.39 is 17.7 Å². The van der Waals surface area contributed by atoms with Crippen molar-refractivity contribution < 1.29 is 14.6 Å². The van der Waals surface area contributed by atoms with Crippen molar-refractivity contribution >= 4 is 5.97 Å². The lowest BCUT2D eigenvalue weighted by molar-refractivity contribution is -0.146. The number of esters is 1. The molecule has 0 radical (unpaired) electrons. The van der Waals surface area contributed by atoms with Crippen LogP contribution in [-0.4, -0.2) is 29.4 Å². The van der Waals surface area contributed by atoms with E-state index in [0.717, 1.165) is 0 Å². The highest BCUT2D eigenvalue weighted by molar-refractivity contribution is 5.66. The largest absolute Gasteiger partial charge is 0.438 e. The van der Waals surface area contributed by atoms with Gasteiger partial charge in [0.05, 0.1) is 12.1 Å². The second kappa shape index (κ2) is 9.84. The first-order chi connectivity index (χ1) is 9.86. The Labute approximate surface area is 125 Å². The molecule has 0 aliphatic carbocycles.